The van der Waals surface area contributed by atoms with Gasteiger partial charge in [-0.15, -0.1) is 0 Å². The highest BCUT2D eigenvalue weighted by Crippen LogP contribution is 2.20. The number of nitrogens with zero attached hydrogens (tertiary/aromatic N) is 1. The Labute approximate surface area is 106 Å². The van der Waals surface area contributed by atoms with Crippen LogP contribution in [0.4, 0.5) is 5.69 Å². The number of pyridine rings is 1. The molecule has 0 bridgehead atoms. The lowest BCUT2D eigenvalue weighted by Crippen LogP contribution is -2.36. The molecule has 0 fully saturated rings. The maximum Gasteiger partial charge on any atom is 0.253 e. The maximum atomic E-state index is 12.0. The summed E-state index contributed by atoms with van der Waals surface area (Å²) in [5, 5.41) is 2.90. The third kappa shape index (κ3) is 3.93. The lowest BCUT2D eigenvalue weighted by atomic mass is 10.1. The minimum atomic E-state index is -0.121. The number of rotatable bonds is 4. The van der Waals surface area contributed by atoms with E-state index in [0.717, 1.165) is 0 Å². The van der Waals surface area contributed by atoms with E-state index in [9.17, 15) is 4.79 Å². The highest BCUT2D eigenvalue weighted by Gasteiger charge is 2.18. The van der Waals surface area contributed by atoms with Crippen molar-refractivity contribution >= 4 is 23.4 Å². The van der Waals surface area contributed by atoms with Crippen molar-refractivity contribution in [3.8, 4) is 0 Å². The molecule has 0 aliphatic heterocycles. The van der Waals surface area contributed by atoms with Crippen LogP contribution in [0.15, 0.2) is 12.3 Å². The zero-order chi connectivity index (χ0) is 13.1. The lowest BCUT2D eigenvalue weighted by molar-refractivity contribution is 0.0950. The van der Waals surface area contributed by atoms with Crippen LogP contribution < -0.4 is 11.1 Å². The molecule has 0 aromatic carbocycles. The molecule has 1 aromatic heterocycles. The number of aryl methyl sites for hydroxylation is 1. The van der Waals surface area contributed by atoms with Crippen molar-refractivity contribution in [3.63, 3.8) is 0 Å². The fourth-order valence-corrected chi connectivity index (χ4v) is 1.46. The summed E-state index contributed by atoms with van der Waals surface area (Å²) in [4.78, 5) is 16.0. The van der Waals surface area contributed by atoms with Gasteiger partial charge in [-0.25, -0.2) is 0 Å². The highest BCUT2D eigenvalue weighted by molar-refractivity contribution is 7.99. The Hall–Kier alpha value is -1.23. The van der Waals surface area contributed by atoms with Gasteiger partial charge in [0.05, 0.1) is 23.1 Å². The number of carbonyl (C=O) groups is 1. The molecule has 4 nitrogen and oxygen atoms in total. The largest absolute Gasteiger partial charge is 0.397 e. The minimum Gasteiger partial charge on any atom is -0.397 e. The van der Waals surface area contributed by atoms with Crippen LogP contribution in [0.5, 0.6) is 0 Å². The van der Waals surface area contributed by atoms with E-state index >= 15 is 0 Å². The Morgan fingerprint density at radius 2 is 2.24 bits per heavy atom. The van der Waals surface area contributed by atoms with Gasteiger partial charge >= 0.3 is 0 Å². The molecule has 5 heteroatoms. The van der Waals surface area contributed by atoms with E-state index in [-0.39, 0.29) is 10.7 Å². The first-order chi connectivity index (χ1) is 7.85. The van der Waals surface area contributed by atoms with Crippen LogP contribution in [-0.2, 0) is 0 Å². The minimum absolute atomic E-state index is 0.0251. The molecule has 1 heterocycles. The van der Waals surface area contributed by atoms with Crippen molar-refractivity contribution in [2.24, 2.45) is 0 Å². The van der Waals surface area contributed by atoms with Crippen LogP contribution in [-0.4, -0.2) is 28.4 Å². The van der Waals surface area contributed by atoms with E-state index < -0.39 is 0 Å². The number of aromatic nitrogens is 1. The van der Waals surface area contributed by atoms with Gasteiger partial charge in [-0.3, -0.25) is 9.78 Å². The summed E-state index contributed by atoms with van der Waals surface area (Å²) in [6, 6.07) is 1.66. The molecule has 1 rings (SSSR count). The summed E-state index contributed by atoms with van der Waals surface area (Å²) < 4.78 is 0.0251. The van der Waals surface area contributed by atoms with Gasteiger partial charge in [0.1, 0.15) is 0 Å². The van der Waals surface area contributed by atoms with Crippen molar-refractivity contribution in [1.29, 1.82) is 0 Å². The average Bonchev–Trinajstić information content (AvgIpc) is 2.29. The van der Waals surface area contributed by atoms with E-state index in [0.29, 0.717) is 23.5 Å². The Bertz CT molecular complexity index is 418. The van der Waals surface area contributed by atoms with Gasteiger partial charge in [-0.1, -0.05) is 0 Å². The molecule has 0 unspecified atom stereocenters. The van der Waals surface area contributed by atoms with E-state index in [1.807, 2.05) is 6.26 Å². The van der Waals surface area contributed by atoms with Crippen molar-refractivity contribution < 1.29 is 4.79 Å². The first-order valence-electron chi connectivity index (χ1n) is 5.41. The third-order valence-corrected chi connectivity index (χ3v) is 3.83. The summed E-state index contributed by atoms with van der Waals surface area (Å²) in [5.41, 5.74) is 7.37. The monoisotopic (exact) mass is 253 g/mol. The van der Waals surface area contributed by atoms with Crippen LogP contribution in [0, 0.1) is 6.92 Å². The second-order valence-corrected chi connectivity index (χ2v) is 6.06. The lowest BCUT2D eigenvalue weighted by Gasteiger charge is -2.22. The fraction of sp³-hybridized carbons (Fsp3) is 0.500. The molecule has 1 aromatic rings. The first kappa shape index (κ1) is 13.8. The second-order valence-electron chi connectivity index (χ2n) is 4.55. The van der Waals surface area contributed by atoms with E-state index in [1.165, 1.54) is 0 Å². The highest BCUT2D eigenvalue weighted by atomic mass is 32.2. The molecule has 0 aliphatic rings. The Morgan fingerprint density at radius 1 is 1.59 bits per heavy atom. The zero-order valence-corrected chi connectivity index (χ0v) is 11.5. The van der Waals surface area contributed by atoms with E-state index in [1.54, 1.807) is 30.9 Å². The third-order valence-electron chi connectivity index (χ3n) is 2.58. The van der Waals surface area contributed by atoms with Crippen molar-refractivity contribution in [2.45, 2.75) is 25.5 Å². The van der Waals surface area contributed by atoms with Gasteiger partial charge < -0.3 is 11.1 Å². The summed E-state index contributed by atoms with van der Waals surface area (Å²) in [6.07, 6.45) is 3.58. The van der Waals surface area contributed by atoms with Crippen LogP contribution >= 0.6 is 11.8 Å². The van der Waals surface area contributed by atoms with Crippen LogP contribution in [0.2, 0.25) is 0 Å². The molecule has 0 atom stereocenters. The Kier molecular flexibility index (Phi) is 4.40. The predicted molar refractivity (Wildman–Crippen MR) is 73.3 cm³/mol. The van der Waals surface area contributed by atoms with Gasteiger partial charge in [-0.05, 0) is 33.1 Å². The number of hydrogen-bond acceptors (Lipinski definition) is 4. The first-order valence-corrected chi connectivity index (χ1v) is 6.63. The number of carbonyl (C=O) groups excluding carboxylic acids is 1. The number of amides is 1. The number of nitrogens with one attached hydrogen (secondary N) is 1. The van der Waals surface area contributed by atoms with Crippen LogP contribution in [0.25, 0.3) is 0 Å². The number of thioether (sulfide) groups is 1. The summed E-state index contributed by atoms with van der Waals surface area (Å²) in [6.45, 7) is 6.58. The van der Waals surface area contributed by atoms with Crippen LogP contribution in [0.1, 0.15) is 29.9 Å². The van der Waals surface area contributed by atoms with Gasteiger partial charge in [0, 0.05) is 11.3 Å². The van der Waals surface area contributed by atoms with E-state index in [4.69, 9.17) is 5.73 Å². The predicted octanol–water partition coefficient (Wildman–Crippen LogP) is 1.84. The fourth-order valence-electron chi connectivity index (χ4n) is 1.24. The Balaban J connectivity index is 2.74. The van der Waals surface area contributed by atoms with Gasteiger partial charge in [0.15, 0.2) is 0 Å². The number of nitrogen functional groups attached to an aromatic ring is 1. The molecule has 17 heavy (non-hydrogen) atoms. The maximum absolute atomic E-state index is 12.0. The second kappa shape index (κ2) is 5.40. The molecular weight excluding hydrogens is 234 g/mol. The molecule has 0 saturated carbocycles. The standard InChI is InChI=1S/C12H19N3OS/c1-8-10(5-9(13)6-14-8)11(16)15-7-12(2,3)17-4/h5-6H,7,13H2,1-4H3,(H,15,16). The molecule has 94 valence electrons. The molecule has 1 amide bonds. The summed E-state index contributed by atoms with van der Waals surface area (Å²) in [5.74, 6) is -0.121. The molecule has 0 spiro atoms. The summed E-state index contributed by atoms with van der Waals surface area (Å²) in [7, 11) is 0. The molecule has 3 N–H and O–H groups in total. The normalized spacial score (nSPS) is 11.3. The van der Waals surface area contributed by atoms with E-state index in [2.05, 4.69) is 24.1 Å². The number of nitrogens with two attached hydrogens (primary N) is 1. The SMILES string of the molecule is CSC(C)(C)CNC(=O)c1cc(N)cnc1C. The zero-order valence-electron chi connectivity index (χ0n) is 10.7. The van der Waals surface area contributed by atoms with Crippen molar-refractivity contribution in [3.05, 3.63) is 23.5 Å². The van der Waals surface area contributed by atoms with Crippen molar-refractivity contribution in [1.82, 2.24) is 10.3 Å². The summed E-state index contributed by atoms with van der Waals surface area (Å²) >= 11 is 1.72. The number of hydrogen-bond donors (Lipinski definition) is 2. The van der Waals surface area contributed by atoms with Crippen molar-refractivity contribution in [2.75, 3.05) is 18.5 Å². The topological polar surface area (TPSA) is 68.0 Å². The smallest absolute Gasteiger partial charge is 0.253 e. The average molecular weight is 253 g/mol. The van der Waals surface area contributed by atoms with Gasteiger partial charge in [-0.2, -0.15) is 11.8 Å². The number of anilines is 1. The van der Waals surface area contributed by atoms with Gasteiger partial charge in [0.25, 0.3) is 5.91 Å². The molecule has 0 radical (unpaired) electrons. The quantitative estimate of drug-likeness (QED) is 0.859. The molecular formula is C12H19N3OS. The molecule has 0 saturated heterocycles. The van der Waals surface area contributed by atoms with Crippen LogP contribution in [0.3, 0.4) is 0 Å². The Morgan fingerprint density at radius 3 is 2.82 bits per heavy atom. The van der Waals surface area contributed by atoms with Gasteiger partial charge in [0.2, 0.25) is 0 Å². The molecule has 0 aliphatic carbocycles.